The lowest BCUT2D eigenvalue weighted by molar-refractivity contribution is -0.274. The van der Waals surface area contributed by atoms with E-state index < -0.39 is 6.36 Å². The van der Waals surface area contributed by atoms with Crippen molar-refractivity contribution in [3.8, 4) is 5.75 Å². The number of aromatic nitrogens is 2. The maximum Gasteiger partial charge on any atom is 0.573 e. The van der Waals surface area contributed by atoms with E-state index in [0.29, 0.717) is 30.5 Å². The third-order valence-corrected chi connectivity index (χ3v) is 3.73. The van der Waals surface area contributed by atoms with Gasteiger partial charge in [0.25, 0.3) is 0 Å². The molecule has 154 valence electrons. The van der Waals surface area contributed by atoms with Crippen LogP contribution in [0.1, 0.15) is 32.2 Å². The molecule has 0 atom stereocenters. The standard InChI is InChI=1S/C19H26F3N5O/c1-4-23-18(26-12-17-24-9-10-27(17)13-14(2)3)25-11-15-7-5-6-8-16(15)28-19(20,21)22/h5-10,14H,4,11-13H2,1-3H3,(H2,23,25,26). The normalized spacial score (nSPS) is 12.3. The molecule has 28 heavy (non-hydrogen) atoms. The topological polar surface area (TPSA) is 63.5 Å². The van der Waals surface area contributed by atoms with Gasteiger partial charge in [-0.3, -0.25) is 0 Å². The van der Waals surface area contributed by atoms with Crippen molar-refractivity contribution in [2.75, 3.05) is 6.54 Å². The smallest absolute Gasteiger partial charge is 0.405 e. The van der Waals surface area contributed by atoms with Crippen LogP contribution < -0.4 is 15.4 Å². The first-order valence-corrected chi connectivity index (χ1v) is 9.14. The number of rotatable bonds is 8. The summed E-state index contributed by atoms with van der Waals surface area (Å²) in [5, 5.41) is 6.25. The molecule has 0 saturated carbocycles. The minimum atomic E-state index is -4.74. The van der Waals surface area contributed by atoms with E-state index in [1.807, 2.05) is 13.1 Å². The number of alkyl halides is 3. The van der Waals surface area contributed by atoms with E-state index in [9.17, 15) is 13.2 Å². The van der Waals surface area contributed by atoms with Crippen LogP contribution in [0.15, 0.2) is 41.7 Å². The van der Waals surface area contributed by atoms with Gasteiger partial charge in [-0.2, -0.15) is 0 Å². The van der Waals surface area contributed by atoms with Crippen LogP contribution in [0.25, 0.3) is 0 Å². The van der Waals surface area contributed by atoms with Crippen molar-refractivity contribution < 1.29 is 17.9 Å². The van der Waals surface area contributed by atoms with Gasteiger partial charge in [-0.25, -0.2) is 9.98 Å². The van der Waals surface area contributed by atoms with Crippen molar-refractivity contribution in [3.63, 3.8) is 0 Å². The predicted molar refractivity (Wildman–Crippen MR) is 102 cm³/mol. The van der Waals surface area contributed by atoms with E-state index in [1.165, 1.54) is 12.1 Å². The van der Waals surface area contributed by atoms with Crippen LogP contribution in [0.3, 0.4) is 0 Å². The minimum Gasteiger partial charge on any atom is -0.405 e. The van der Waals surface area contributed by atoms with Gasteiger partial charge in [0.05, 0.1) is 13.1 Å². The number of nitrogens with one attached hydrogen (secondary N) is 2. The number of imidazole rings is 1. The molecule has 2 rings (SSSR count). The average Bonchev–Trinajstić information content (AvgIpc) is 3.03. The Labute approximate surface area is 162 Å². The quantitative estimate of drug-likeness (QED) is 0.527. The number of benzene rings is 1. The van der Waals surface area contributed by atoms with Gasteiger partial charge in [0.15, 0.2) is 5.96 Å². The van der Waals surface area contributed by atoms with Gasteiger partial charge in [0.1, 0.15) is 11.6 Å². The second-order valence-electron chi connectivity index (χ2n) is 6.59. The number of nitrogens with zero attached hydrogens (tertiary/aromatic N) is 3. The maximum absolute atomic E-state index is 12.6. The number of halogens is 3. The highest BCUT2D eigenvalue weighted by atomic mass is 19.4. The molecule has 0 aliphatic carbocycles. The second kappa shape index (κ2) is 10.0. The fourth-order valence-corrected chi connectivity index (χ4v) is 2.59. The summed E-state index contributed by atoms with van der Waals surface area (Å²) in [6.07, 6.45) is -1.07. The van der Waals surface area contributed by atoms with Gasteiger partial charge < -0.3 is 19.9 Å². The van der Waals surface area contributed by atoms with Gasteiger partial charge in [-0.1, -0.05) is 32.0 Å². The largest absolute Gasteiger partial charge is 0.573 e. The third-order valence-electron chi connectivity index (χ3n) is 3.73. The minimum absolute atomic E-state index is 0.0437. The third kappa shape index (κ3) is 7.13. The summed E-state index contributed by atoms with van der Waals surface area (Å²) in [4.78, 5) is 8.72. The SMILES string of the molecule is CCNC(=NCc1ccccc1OC(F)(F)F)NCc1nccn1CC(C)C. The Morgan fingerprint density at radius 3 is 2.68 bits per heavy atom. The molecule has 6 nitrogen and oxygen atoms in total. The zero-order chi connectivity index (χ0) is 20.6. The molecule has 0 amide bonds. The van der Waals surface area contributed by atoms with Gasteiger partial charge in [-0.15, -0.1) is 13.2 Å². The summed E-state index contributed by atoms with van der Waals surface area (Å²) >= 11 is 0. The lowest BCUT2D eigenvalue weighted by Gasteiger charge is -2.15. The van der Waals surface area contributed by atoms with E-state index in [-0.39, 0.29) is 12.3 Å². The molecule has 2 N–H and O–H groups in total. The van der Waals surface area contributed by atoms with Gasteiger partial charge in [-0.05, 0) is 18.9 Å². The van der Waals surface area contributed by atoms with Crippen LogP contribution in [0.2, 0.25) is 0 Å². The Kier molecular flexibility index (Phi) is 7.71. The highest BCUT2D eigenvalue weighted by molar-refractivity contribution is 5.79. The molecule has 1 heterocycles. The first-order chi connectivity index (χ1) is 13.3. The first-order valence-electron chi connectivity index (χ1n) is 9.14. The molecule has 0 aliphatic heterocycles. The molecular formula is C19H26F3N5O. The number of hydrogen-bond acceptors (Lipinski definition) is 3. The molecule has 2 aromatic rings. The second-order valence-corrected chi connectivity index (χ2v) is 6.59. The van der Waals surface area contributed by atoms with Crippen LogP contribution >= 0.6 is 0 Å². The van der Waals surface area contributed by atoms with Crippen molar-refractivity contribution >= 4 is 5.96 Å². The zero-order valence-electron chi connectivity index (χ0n) is 16.3. The number of para-hydroxylation sites is 1. The van der Waals surface area contributed by atoms with E-state index in [1.54, 1.807) is 18.3 Å². The van der Waals surface area contributed by atoms with Crippen molar-refractivity contribution in [2.24, 2.45) is 10.9 Å². The lowest BCUT2D eigenvalue weighted by Crippen LogP contribution is -2.37. The molecule has 9 heteroatoms. The van der Waals surface area contributed by atoms with Gasteiger partial charge in [0.2, 0.25) is 0 Å². The van der Waals surface area contributed by atoms with Crippen LogP contribution in [0, 0.1) is 5.92 Å². The van der Waals surface area contributed by atoms with E-state index in [4.69, 9.17) is 0 Å². The molecule has 0 unspecified atom stereocenters. The molecule has 0 saturated heterocycles. The molecular weight excluding hydrogens is 371 g/mol. The number of hydrogen-bond donors (Lipinski definition) is 2. The van der Waals surface area contributed by atoms with Crippen LogP contribution in [0.4, 0.5) is 13.2 Å². The molecule has 1 aromatic carbocycles. The number of guanidine groups is 1. The van der Waals surface area contributed by atoms with Crippen molar-refractivity contribution in [1.29, 1.82) is 0 Å². The Bertz CT molecular complexity index is 771. The summed E-state index contributed by atoms with van der Waals surface area (Å²) in [7, 11) is 0. The Balaban J connectivity index is 2.06. The van der Waals surface area contributed by atoms with Gasteiger partial charge >= 0.3 is 6.36 Å². The molecule has 0 fully saturated rings. The number of aliphatic imine (C=N–C) groups is 1. The molecule has 1 aromatic heterocycles. The van der Waals surface area contributed by atoms with Crippen molar-refractivity contribution in [1.82, 2.24) is 20.2 Å². The highest BCUT2D eigenvalue weighted by Crippen LogP contribution is 2.26. The van der Waals surface area contributed by atoms with Crippen molar-refractivity contribution in [3.05, 3.63) is 48.0 Å². The predicted octanol–water partition coefficient (Wildman–Crippen LogP) is 3.69. The highest BCUT2D eigenvalue weighted by Gasteiger charge is 2.31. The summed E-state index contributed by atoms with van der Waals surface area (Å²) in [6.45, 7) is 8.14. The Hall–Kier alpha value is -2.71. The van der Waals surface area contributed by atoms with Gasteiger partial charge in [0, 0.05) is 31.0 Å². The maximum atomic E-state index is 12.6. The van der Waals surface area contributed by atoms with Crippen molar-refractivity contribution in [2.45, 2.75) is 46.8 Å². The summed E-state index contributed by atoms with van der Waals surface area (Å²) in [6, 6.07) is 5.98. The Morgan fingerprint density at radius 1 is 1.25 bits per heavy atom. The molecule has 0 bridgehead atoms. The van der Waals surface area contributed by atoms with Crippen LogP contribution in [-0.4, -0.2) is 28.4 Å². The molecule has 0 spiro atoms. The summed E-state index contributed by atoms with van der Waals surface area (Å²) < 4.78 is 43.8. The fourth-order valence-electron chi connectivity index (χ4n) is 2.59. The zero-order valence-corrected chi connectivity index (χ0v) is 16.3. The monoisotopic (exact) mass is 397 g/mol. The Morgan fingerprint density at radius 2 is 2.00 bits per heavy atom. The van der Waals surface area contributed by atoms with Crippen LogP contribution in [0.5, 0.6) is 5.75 Å². The van der Waals surface area contributed by atoms with Crippen LogP contribution in [-0.2, 0) is 19.6 Å². The lowest BCUT2D eigenvalue weighted by atomic mass is 10.2. The van der Waals surface area contributed by atoms with E-state index in [2.05, 4.69) is 43.8 Å². The molecule has 0 aliphatic rings. The first kappa shape index (κ1) is 21.6. The molecule has 0 radical (unpaired) electrons. The van der Waals surface area contributed by atoms with E-state index >= 15 is 0 Å². The average molecular weight is 397 g/mol. The number of ether oxygens (including phenoxy) is 1. The van der Waals surface area contributed by atoms with E-state index in [0.717, 1.165) is 12.4 Å². The summed E-state index contributed by atoms with van der Waals surface area (Å²) in [5.74, 6) is 1.59. The fraction of sp³-hybridized carbons (Fsp3) is 0.474. The summed E-state index contributed by atoms with van der Waals surface area (Å²) in [5.41, 5.74) is 0.346.